The molecule has 134 valence electrons. The number of hydrogen-bond acceptors (Lipinski definition) is 5. The summed E-state index contributed by atoms with van der Waals surface area (Å²) >= 11 is 0. The van der Waals surface area contributed by atoms with E-state index in [9.17, 15) is 19.7 Å². The average molecular weight is 354 g/mol. The van der Waals surface area contributed by atoms with Gasteiger partial charge in [0, 0.05) is 0 Å². The number of amides is 1. The Kier molecular flexibility index (Phi) is 5.25. The summed E-state index contributed by atoms with van der Waals surface area (Å²) < 4.78 is 5.35. The highest BCUT2D eigenvalue weighted by molar-refractivity contribution is 6.47. The van der Waals surface area contributed by atoms with E-state index in [0.717, 1.165) is 5.56 Å². The van der Waals surface area contributed by atoms with Gasteiger partial charge in [0.15, 0.2) is 0 Å². The van der Waals surface area contributed by atoms with Crippen molar-refractivity contribution in [2.24, 2.45) is 5.73 Å². The van der Waals surface area contributed by atoms with Crippen LogP contribution in [0.4, 0.5) is 0 Å². The Bertz CT molecular complexity index is 814. The largest absolute Gasteiger partial charge is 0.547 e. The maximum atomic E-state index is 12.4. The Morgan fingerprint density at radius 3 is 2.65 bits per heavy atom. The molecule has 2 aromatic rings. The molecular weight excluding hydrogens is 335 g/mol. The number of nitrogens with two attached hydrogens (primary N) is 1. The first-order chi connectivity index (χ1) is 12.5. The molecule has 1 aliphatic rings. The fourth-order valence-corrected chi connectivity index (χ4v) is 2.97. The van der Waals surface area contributed by atoms with Gasteiger partial charge in [0.1, 0.15) is 5.75 Å². The third-order valence-electron chi connectivity index (χ3n) is 4.31. The first-order valence-electron chi connectivity index (χ1n) is 8.25. The molecule has 0 fully saturated rings. The molecule has 0 unspecified atom stereocenters. The number of rotatable bonds is 5. The molecule has 1 heterocycles. The topological polar surface area (TPSA) is 122 Å². The number of benzene rings is 2. The number of para-hydroxylation sites is 1. The quantitative estimate of drug-likeness (QED) is 0.577. The molecule has 0 radical (unpaired) electrons. The van der Waals surface area contributed by atoms with Gasteiger partial charge in [-0.15, -0.1) is 0 Å². The van der Waals surface area contributed by atoms with Crippen LogP contribution in [0.5, 0.6) is 5.75 Å². The summed E-state index contributed by atoms with van der Waals surface area (Å²) in [5.74, 6) is -2.12. The number of hydrogen-bond donors (Lipinski definition) is 4. The van der Waals surface area contributed by atoms with Crippen LogP contribution >= 0.6 is 0 Å². The van der Waals surface area contributed by atoms with Gasteiger partial charge in [0.25, 0.3) is 0 Å². The molecule has 0 spiro atoms. The molecule has 0 bridgehead atoms. The number of aromatic carboxylic acids is 1. The summed E-state index contributed by atoms with van der Waals surface area (Å²) in [6.45, 7) is 0. The number of fused-ring (bicyclic) bond motifs is 1. The summed E-state index contributed by atoms with van der Waals surface area (Å²) in [5.41, 5.74) is 7.48. The lowest BCUT2D eigenvalue weighted by Gasteiger charge is -2.29. The molecule has 1 amide bonds. The predicted octanol–water partition coefficient (Wildman–Crippen LogP) is 0.394. The van der Waals surface area contributed by atoms with E-state index in [1.165, 1.54) is 6.07 Å². The van der Waals surface area contributed by atoms with Gasteiger partial charge in [0.05, 0.1) is 17.5 Å². The van der Waals surface area contributed by atoms with Crippen molar-refractivity contribution in [3.8, 4) is 5.75 Å². The highest BCUT2D eigenvalue weighted by Crippen LogP contribution is 2.30. The van der Waals surface area contributed by atoms with Gasteiger partial charge < -0.3 is 25.8 Å². The normalized spacial score (nSPS) is 17.0. The van der Waals surface area contributed by atoms with Crippen LogP contribution in [0, 0.1) is 0 Å². The van der Waals surface area contributed by atoms with E-state index in [2.05, 4.69) is 5.32 Å². The first-order valence-corrected chi connectivity index (χ1v) is 8.25. The standard InChI is InChI=1S/C18H19BN2O5/c20-14(9-11-5-2-1-3-6-11)17(22)21-15-10-12-7-4-8-13(18(23)24)16(12)26-19(15)25/h1-8,14-15,25H,9-10,20H2,(H,21,22)(H,23,24)/t14-,15+/m1/s1. The summed E-state index contributed by atoms with van der Waals surface area (Å²) in [4.78, 5) is 23.6. The molecule has 0 aromatic heterocycles. The van der Waals surface area contributed by atoms with E-state index in [0.29, 0.717) is 12.0 Å². The minimum atomic E-state index is -1.35. The molecule has 0 saturated carbocycles. The molecule has 8 heteroatoms. The Balaban J connectivity index is 1.68. The number of carboxylic acids is 1. The molecule has 26 heavy (non-hydrogen) atoms. The fraction of sp³-hybridized carbons (Fsp3) is 0.222. The predicted molar refractivity (Wildman–Crippen MR) is 95.8 cm³/mol. The van der Waals surface area contributed by atoms with E-state index in [-0.39, 0.29) is 17.7 Å². The van der Waals surface area contributed by atoms with Crippen molar-refractivity contribution < 1.29 is 24.4 Å². The molecule has 2 atom stereocenters. The van der Waals surface area contributed by atoms with Crippen molar-refractivity contribution in [1.29, 1.82) is 0 Å². The lowest BCUT2D eigenvalue weighted by atomic mass is 9.72. The lowest BCUT2D eigenvalue weighted by molar-refractivity contribution is -0.122. The van der Waals surface area contributed by atoms with Crippen LogP contribution in [0.1, 0.15) is 21.5 Å². The van der Waals surface area contributed by atoms with Gasteiger partial charge >= 0.3 is 13.1 Å². The third kappa shape index (κ3) is 3.87. The lowest BCUT2D eigenvalue weighted by Crippen LogP contribution is -2.56. The van der Waals surface area contributed by atoms with Crippen molar-refractivity contribution >= 4 is 19.0 Å². The van der Waals surface area contributed by atoms with Crippen LogP contribution in [0.25, 0.3) is 0 Å². The summed E-state index contributed by atoms with van der Waals surface area (Å²) in [6, 6.07) is 13.3. The van der Waals surface area contributed by atoms with Gasteiger partial charge in [-0.25, -0.2) is 4.79 Å². The Hall–Kier alpha value is -2.84. The second kappa shape index (κ2) is 7.59. The number of carbonyl (C=O) groups is 2. The number of carbonyl (C=O) groups excluding carboxylic acids is 1. The van der Waals surface area contributed by atoms with Crippen LogP contribution in [0.15, 0.2) is 48.5 Å². The van der Waals surface area contributed by atoms with Crippen molar-refractivity contribution in [3.63, 3.8) is 0 Å². The van der Waals surface area contributed by atoms with E-state index in [4.69, 9.17) is 10.4 Å². The molecule has 0 aliphatic carbocycles. The van der Waals surface area contributed by atoms with Gasteiger partial charge in [-0.2, -0.15) is 0 Å². The fourth-order valence-electron chi connectivity index (χ4n) is 2.97. The smallest absolute Gasteiger partial charge is 0.534 e. The number of carboxylic acid groups (broad SMARTS) is 1. The van der Waals surface area contributed by atoms with Crippen LogP contribution in [-0.4, -0.2) is 41.1 Å². The molecule has 5 N–H and O–H groups in total. The third-order valence-corrected chi connectivity index (χ3v) is 4.31. The Labute approximate surface area is 150 Å². The van der Waals surface area contributed by atoms with Crippen molar-refractivity contribution in [2.45, 2.75) is 24.8 Å². The van der Waals surface area contributed by atoms with Crippen molar-refractivity contribution in [2.75, 3.05) is 0 Å². The molecule has 7 nitrogen and oxygen atoms in total. The van der Waals surface area contributed by atoms with Crippen LogP contribution in [0.3, 0.4) is 0 Å². The second-order valence-corrected chi connectivity index (χ2v) is 6.22. The van der Waals surface area contributed by atoms with Gasteiger partial charge in [-0.05, 0) is 30.0 Å². The molecule has 2 aromatic carbocycles. The number of nitrogens with one attached hydrogen (secondary N) is 1. The maximum Gasteiger partial charge on any atom is 0.547 e. The van der Waals surface area contributed by atoms with E-state index in [1.54, 1.807) is 12.1 Å². The molecule has 0 saturated heterocycles. The Morgan fingerprint density at radius 1 is 1.23 bits per heavy atom. The SMILES string of the molecule is N[C@H](Cc1ccccc1)C(=O)N[C@H]1Cc2cccc(C(=O)O)c2OB1O. The zero-order valence-corrected chi connectivity index (χ0v) is 14.0. The van der Waals surface area contributed by atoms with E-state index in [1.807, 2.05) is 30.3 Å². The summed E-state index contributed by atoms with van der Waals surface area (Å²) in [7, 11) is -1.35. The van der Waals surface area contributed by atoms with E-state index >= 15 is 0 Å². The van der Waals surface area contributed by atoms with Gasteiger partial charge in [-0.3, -0.25) is 4.79 Å². The van der Waals surface area contributed by atoms with Gasteiger partial charge in [-0.1, -0.05) is 42.5 Å². The zero-order valence-electron chi connectivity index (χ0n) is 14.0. The summed E-state index contributed by atoms with van der Waals surface area (Å²) in [6.07, 6.45) is 0.623. The maximum absolute atomic E-state index is 12.4. The molecule has 1 aliphatic heterocycles. The summed E-state index contributed by atoms with van der Waals surface area (Å²) in [5, 5.41) is 22.1. The van der Waals surface area contributed by atoms with Gasteiger partial charge in [0.2, 0.25) is 5.91 Å². The van der Waals surface area contributed by atoms with Crippen molar-refractivity contribution in [3.05, 3.63) is 65.2 Å². The van der Waals surface area contributed by atoms with E-state index < -0.39 is 31.0 Å². The highest BCUT2D eigenvalue weighted by atomic mass is 16.5. The van der Waals surface area contributed by atoms with Crippen molar-refractivity contribution in [1.82, 2.24) is 5.32 Å². The monoisotopic (exact) mass is 354 g/mol. The van der Waals surface area contributed by atoms with Crippen LogP contribution in [-0.2, 0) is 17.6 Å². The minimum absolute atomic E-state index is 0.0212. The molecule has 3 rings (SSSR count). The minimum Gasteiger partial charge on any atom is -0.534 e. The first kappa shape index (κ1) is 18.0. The zero-order chi connectivity index (χ0) is 18.7. The average Bonchev–Trinajstić information content (AvgIpc) is 2.62. The molecular formula is C18H19BN2O5. The van der Waals surface area contributed by atoms with Crippen LogP contribution in [0.2, 0.25) is 0 Å². The van der Waals surface area contributed by atoms with Crippen LogP contribution < -0.4 is 15.7 Å². The second-order valence-electron chi connectivity index (χ2n) is 6.22. The highest BCUT2D eigenvalue weighted by Gasteiger charge is 2.38. The Morgan fingerprint density at radius 2 is 1.96 bits per heavy atom.